The van der Waals surface area contributed by atoms with Crippen molar-refractivity contribution >= 4 is 37.6 Å². The van der Waals surface area contributed by atoms with Gasteiger partial charge < -0.3 is 0 Å². The molecule has 0 N–H and O–H groups in total. The first-order valence-electron chi connectivity index (χ1n) is 4.72. The number of carbonyl (C=O) groups is 1. The summed E-state index contributed by atoms with van der Waals surface area (Å²) in [6.45, 7) is 4.39. The van der Waals surface area contributed by atoms with Crippen molar-refractivity contribution in [1.29, 1.82) is 0 Å². The molecule has 2 aliphatic rings. The number of alkyl halides is 2. The van der Waals surface area contributed by atoms with Crippen molar-refractivity contribution in [3.63, 3.8) is 0 Å². The molecule has 2 rings (SSSR count). The van der Waals surface area contributed by atoms with E-state index in [4.69, 9.17) is 0 Å². The Kier molecular flexibility index (Phi) is 2.20. The fourth-order valence-electron chi connectivity index (χ4n) is 3.07. The molecule has 0 amide bonds. The van der Waals surface area contributed by atoms with Crippen LogP contribution in [0.1, 0.15) is 26.7 Å². The molecule has 0 aromatic rings. The molecule has 2 aliphatic carbocycles. The number of hydrogen-bond acceptors (Lipinski definition) is 1. The van der Waals surface area contributed by atoms with Gasteiger partial charge in [0, 0.05) is 10.7 Å². The third kappa shape index (κ3) is 0.956. The van der Waals surface area contributed by atoms with Crippen LogP contribution in [0.5, 0.6) is 0 Å². The van der Waals surface area contributed by atoms with E-state index in [1.165, 1.54) is 6.42 Å². The van der Waals surface area contributed by atoms with E-state index in [9.17, 15) is 4.79 Å². The maximum absolute atomic E-state index is 12.0. The summed E-state index contributed by atoms with van der Waals surface area (Å²) < 4.78 is 0. The lowest BCUT2D eigenvalue weighted by Crippen LogP contribution is -2.36. The third-order valence-electron chi connectivity index (χ3n) is 4.46. The summed E-state index contributed by atoms with van der Waals surface area (Å²) in [7, 11) is 0. The van der Waals surface area contributed by atoms with Crippen molar-refractivity contribution in [2.75, 3.05) is 5.33 Å². The van der Waals surface area contributed by atoms with Gasteiger partial charge in [-0.05, 0) is 24.2 Å². The fraction of sp³-hybridized carbons (Fsp3) is 0.900. The Balaban J connectivity index is 2.49. The lowest BCUT2D eigenvalue weighted by molar-refractivity contribution is -0.127. The number of fused-ring (bicyclic) bond motifs is 2. The van der Waals surface area contributed by atoms with E-state index in [1.807, 2.05) is 0 Å². The summed E-state index contributed by atoms with van der Waals surface area (Å²) in [5.74, 6) is 0.954. The summed E-state index contributed by atoms with van der Waals surface area (Å²) in [5.41, 5.74) is 0.0770. The Bertz CT molecular complexity index is 266. The number of hydrogen-bond donors (Lipinski definition) is 0. The first-order valence-corrected chi connectivity index (χ1v) is 6.75. The van der Waals surface area contributed by atoms with Gasteiger partial charge in [0.15, 0.2) is 5.78 Å². The van der Waals surface area contributed by atoms with E-state index in [2.05, 4.69) is 45.7 Å². The van der Waals surface area contributed by atoms with E-state index in [0.29, 0.717) is 11.7 Å². The second-order valence-electron chi connectivity index (χ2n) is 4.79. The molecule has 0 aliphatic heterocycles. The topological polar surface area (TPSA) is 17.1 Å². The van der Waals surface area contributed by atoms with Gasteiger partial charge in [-0.2, -0.15) is 0 Å². The van der Waals surface area contributed by atoms with Crippen LogP contribution in [0.4, 0.5) is 0 Å². The lowest BCUT2D eigenvalue weighted by Gasteiger charge is -2.34. The minimum atomic E-state index is -0.0880. The number of Topliss-reactive ketones (excluding diaryl/α,β-unsaturated/α-hetero) is 1. The molecule has 0 radical (unpaired) electrons. The average molecular weight is 310 g/mol. The van der Waals surface area contributed by atoms with Crippen LogP contribution < -0.4 is 0 Å². The molecule has 2 bridgehead atoms. The van der Waals surface area contributed by atoms with Crippen LogP contribution in [0.2, 0.25) is 0 Å². The summed E-state index contributed by atoms with van der Waals surface area (Å²) in [6.07, 6.45) is 2.26. The second-order valence-corrected chi connectivity index (χ2v) is 6.34. The highest BCUT2D eigenvalue weighted by molar-refractivity contribution is 9.10. The molecule has 0 saturated heterocycles. The van der Waals surface area contributed by atoms with Crippen LogP contribution in [0, 0.1) is 16.7 Å². The highest BCUT2D eigenvalue weighted by Crippen LogP contribution is 2.65. The third-order valence-corrected chi connectivity index (χ3v) is 6.68. The van der Waals surface area contributed by atoms with E-state index in [0.717, 1.165) is 11.8 Å². The van der Waals surface area contributed by atoms with Crippen molar-refractivity contribution in [1.82, 2.24) is 0 Å². The molecule has 1 nitrogen and oxygen atoms in total. The van der Waals surface area contributed by atoms with E-state index >= 15 is 0 Å². The quantitative estimate of drug-likeness (QED) is 0.680. The summed E-state index contributed by atoms with van der Waals surface area (Å²) in [5, 5.41) is 0.939. The molecule has 0 unspecified atom stereocenters. The monoisotopic (exact) mass is 308 g/mol. The van der Waals surface area contributed by atoms with Gasteiger partial charge in [-0.25, -0.2) is 0 Å². The molecule has 74 valence electrons. The highest BCUT2D eigenvalue weighted by atomic mass is 79.9. The Morgan fingerprint density at radius 2 is 2.15 bits per heavy atom. The zero-order valence-corrected chi connectivity index (χ0v) is 11.1. The summed E-state index contributed by atoms with van der Waals surface area (Å²) in [4.78, 5) is 12.1. The van der Waals surface area contributed by atoms with Crippen LogP contribution >= 0.6 is 31.9 Å². The SMILES string of the molecule is C[C@@]12CC[C@@H]([C@@H](Br)C1=O)[C@@]2(C)CBr. The summed E-state index contributed by atoms with van der Waals surface area (Å²) >= 11 is 7.11. The molecule has 2 fully saturated rings. The smallest absolute Gasteiger partial charge is 0.153 e. The molecule has 0 aromatic carbocycles. The van der Waals surface area contributed by atoms with Crippen LogP contribution in [0.3, 0.4) is 0 Å². The van der Waals surface area contributed by atoms with Crippen LogP contribution in [0.15, 0.2) is 0 Å². The Hall–Kier alpha value is 0.630. The zero-order valence-electron chi connectivity index (χ0n) is 7.94. The van der Waals surface area contributed by atoms with Gasteiger partial charge >= 0.3 is 0 Å². The standard InChI is InChI=1S/C10H14Br2O/c1-9-4-3-6(7(12)8(9)13)10(9,2)5-11/h6-7H,3-5H2,1-2H3/t6-,7+,9+,10+/m0/s1. The van der Waals surface area contributed by atoms with Crippen molar-refractivity contribution in [3.05, 3.63) is 0 Å². The minimum Gasteiger partial charge on any atom is -0.298 e. The normalized spacial score (nSPS) is 54.6. The van der Waals surface area contributed by atoms with E-state index in [1.54, 1.807) is 0 Å². The molecule has 0 heterocycles. The molecule has 4 atom stereocenters. The lowest BCUT2D eigenvalue weighted by atomic mass is 9.70. The van der Waals surface area contributed by atoms with Crippen molar-refractivity contribution in [2.24, 2.45) is 16.7 Å². The Morgan fingerprint density at radius 3 is 2.46 bits per heavy atom. The van der Waals surface area contributed by atoms with Gasteiger partial charge in [0.1, 0.15) is 0 Å². The molecule has 3 heteroatoms. The molecule has 13 heavy (non-hydrogen) atoms. The predicted octanol–water partition coefficient (Wildman–Crippen LogP) is 3.15. The Labute approximate surface area is 95.9 Å². The molecular weight excluding hydrogens is 296 g/mol. The van der Waals surface area contributed by atoms with Crippen LogP contribution in [-0.4, -0.2) is 15.9 Å². The molecule has 0 aromatic heterocycles. The van der Waals surface area contributed by atoms with Gasteiger partial charge in [0.2, 0.25) is 0 Å². The molecular formula is C10H14Br2O. The first kappa shape index (κ1) is 10.2. The van der Waals surface area contributed by atoms with Crippen molar-refractivity contribution in [3.8, 4) is 0 Å². The number of halogens is 2. The van der Waals surface area contributed by atoms with Crippen molar-refractivity contribution in [2.45, 2.75) is 31.5 Å². The van der Waals surface area contributed by atoms with Gasteiger partial charge in [0.05, 0.1) is 4.83 Å². The Morgan fingerprint density at radius 1 is 1.54 bits per heavy atom. The number of carbonyl (C=O) groups excluding carboxylic acids is 1. The van der Waals surface area contributed by atoms with E-state index in [-0.39, 0.29) is 15.7 Å². The number of ketones is 1. The van der Waals surface area contributed by atoms with Crippen LogP contribution in [0.25, 0.3) is 0 Å². The van der Waals surface area contributed by atoms with E-state index < -0.39 is 0 Å². The van der Waals surface area contributed by atoms with Gasteiger partial charge in [-0.15, -0.1) is 0 Å². The summed E-state index contributed by atoms with van der Waals surface area (Å²) in [6, 6.07) is 0. The predicted molar refractivity (Wildman–Crippen MR) is 60.5 cm³/mol. The largest absolute Gasteiger partial charge is 0.298 e. The minimum absolute atomic E-state index is 0.0880. The maximum atomic E-state index is 12.0. The second kappa shape index (κ2) is 2.82. The first-order chi connectivity index (χ1) is 5.97. The van der Waals surface area contributed by atoms with Crippen molar-refractivity contribution < 1.29 is 4.79 Å². The van der Waals surface area contributed by atoms with Crippen LogP contribution in [-0.2, 0) is 4.79 Å². The number of rotatable bonds is 1. The molecule has 2 saturated carbocycles. The zero-order chi connectivity index (χ0) is 9.85. The maximum Gasteiger partial charge on any atom is 0.153 e. The van der Waals surface area contributed by atoms with Gasteiger partial charge in [-0.3, -0.25) is 4.79 Å². The van der Waals surface area contributed by atoms with Gasteiger partial charge in [0.25, 0.3) is 0 Å². The fourth-order valence-corrected chi connectivity index (χ4v) is 5.45. The average Bonchev–Trinajstić information content (AvgIpc) is 2.44. The molecule has 0 spiro atoms. The highest BCUT2D eigenvalue weighted by Gasteiger charge is 2.67. The van der Waals surface area contributed by atoms with Gasteiger partial charge in [-0.1, -0.05) is 45.7 Å².